The van der Waals surface area contributed by atoms with E-state index in [0.717, 1.165) is 38.4 Å². The average Bonchev–Trinajstić information content (AvgIpc) is 2.72. The van der Waals surface area contributed by atoms with Crippen molar-refractivity contribution in [3.63, 3.8) is 0 Å². The number of guanidine groups is 1. The Labute approximate surface area is 193 Å². The molecule has 7 heteroatoms. The number of amides is 1. The molecule has 1 atom stereocenters. The summed E-state index contributed by atoms with van der Waals surface area (Å²) in [4.78, 5) is 19.2. The Kier molecular flexibility index (Phi) is 11.0. The van der Waals surface area contributed by atoms with Crippen LogP contribution in [0.2, 0.25) is 0 Å². The standard InChI is InChI=1S/C22H37N5O.HI/c1-6-24-21(25-16-22(3,4)20(28)23-5)26-19-12-14-27(15-13-19)17(2)18-10-8-7-9-11-18;/h7-11,17,19H,6,12-16H2,1-5H3,(H,23,28)(H2,24,25,26);1H. The molecule has 1 aliphatic rings. The van der Waals surface area contributed by atoms with Crippen LogP contribution in [0.3, 0.4) is 0 Å². The minimum Gasteiger partial charge on any atom is -0.359 e. The third-order valence-corrected chi connectivity index (χ3v) is 5.52. The molecule has 1 aromatic carbocycles. The van der Waals surface area contributed by atoms with E-state index in [1.54, 1.807) is 7.05 Å². The zero-order valence-electron chi connectivity index (χ0n) is 18.5. The number of hydrogen-bond acceptors (Lipinski definition) is 3. The van der Waals surface area contributed by atoms with Crippen molar-refractivity contribution in [2.45, 2.75) is 52.6 Å². The number of carbonyl (C=O) groups is 1. The van der Waals surface area contributed by atoms with Gasteiger partial charge < -0.3 is 16.0 Å². The van der Waals surface area contributed by atoms with Crippen molar-refractivity contribution in [3.8, 4) is 0 Å². The maximum atomic E-state index is 12.0. The highest BCUT2D eigenvalue weighted by Gasteiger charge is 2.27. The summed E-state index contributed by atoms with van der Waals surface area (Å²) in [6.45, 7) is 11.6. The Bertz CT molecular complexity index is 642. The molecule has 164 valence electrons. The van der Waals surface area contributed by atoms with Crippen molar-refractivity contribution in [3.05, 3.63) is 35.9 Å². The minimum atomic E-state index is -0.522. The molecule has 1 amide bonds. The molecular weight excluding hydrogens is 477 g/mol. The van der Waals surface area contributed by atoms with E-state index in [2.05, 4.69) is 70.0 Å². The molecule has 1 aliphatic heterocycles. The van der Waals surface area contributed by atoms with Crippen LogP contribution in [0, 0.1) is 5.41 Å². The van der Waals surface area contributed by atoms with Crippen LogP contribution in [0.15, 0.2) is 35.3 Å². The molecule has 0 saturated carbocycles. The van der Waals surface area contributed by atoms with Gasteiger partial charge in [0.25, 0.3) is 0 Å². The summed E-state index contributed by atoms with van der Waals surface area (Å²) >= 11 is 0. The Hall–Kier alpha value is -1.35. The van der Waals surface area contributed by atoms with Gasteiger partial charge in [0.1, 0.15) is 0 Å². The molecule has 0 bridgehead atoms. The lowest BCUT2D eigenvalue weighted by Gasteiger charge is -2.37. The number of piperidine rings is 1. The van der Waals surface area contributed by atoms with Crippen molar-refractivity contribution in [2.24, 2.45) is 10.4 Å². The molecule has 3 N–H and O–H groups in total. The fraction of sp³-hybridized carbons (Fsp3) is 0.636. The van der Waals surface area contributed by atoms with Crippen molar-refractivity contribution in [1.29, 1.82) is 0 Å². The maximum absolute atomic E-state index is 12.0. The number of halogens is 1. The monoisotopic (exact) mass is 515 g/mol. The number of rotatable bonds is 7. The van der Waals surface area contributed by atoms with Gasteiger partial charge in [-0.2, -0.15) is 0 Å². The number of hydrogen-bond donors (Lipinski definition) is 3. The van der Waals surface area contributed by atoms with Crippen molar-refractivity contribution in [2.75, 3.05) is 33.2 Å². The van der Waals surface area contributed by atoms with Crippen LogP contribution in [-0.4, -0.2) is 56.0 Å². The van der Waals surface area contributed by atoms with E-state index in [1.165, 1.54) is 5.56 Å². The number of nitrogens with zero attached hydrogens (tertiary/aromatic N) is 2. The molecule has 6 nitrogen and oxygen atoms in total. The summed E-state index contributed by atoms with van der Waals surface area (Å²) < 4.78 is 0. The highest BCUT2D eigenvalue weighted by molar-refractivity contribution is 14.0. The summed E-state index contributed by atoms with van der Waals surface area (Å²) in [7, 11) is 1.67. The van der Waals surface area contributed by atoms with Crippen LogP contribution in [0.25, 0.3) is 0 Å². The fourth-order valence-corrected chi connectivity index (χ4v) is 3.57. The lowest BCUT2D eigenvalue weighted by molar-refractivity contribution is -0.128. The second-order valence-corrected chi connectivity index (χ2v) is 8.20. The summed E-state index contributed by atoms with van der Waals surface area (Å²) in [6, 6.07) is 11.6. The molecule has 1 fully saturated rings. The summed E-state index contributed by atoms with van der Waals surface area (Å²) in [5.74, 6) is 0.810. The van der Waals surface area contributed by atoms with Gasteiger partial charge >= 0.3 is 0 Å². The van der Waals surface area contributed by atoms with Crippen LogP contribution in [0.5, 0.6) is 0 Å². The predicted molar refractivity (Wildman–Crippen MR) is 132 cm³/mol. The van der Waals surface area contributed by atoms with E-state index in [9.17, 15) is 4.79 Å². The fourth-order valence-electron chi connectivity index (χ4n) is 3.57. The third-order valence-electron chi connectivity index (χ3n) is 5.52. The molecule has 1 heterocycles. The Morgan fingerprint density at radius 1 is 1.24 bits per heavy atom. The van der Waals surface area contributed by atoms with Crippen LogP contribution < -0.4 is 16.0 Å². The van der Waals surface area contributed by atoms with E-state index < -0.39 is 5.41 Å². The van der Waals surface area contributed by atoms with E-state index in [0.29, 0.717) is 18.6 Å². The molecule has 0 aromatic heterocycles. The number of likely N-dealkylation sites (tertiary alicyclic amines) is 1. The lowest BCUT2D eigenvalue weighted by atomic mass is 9.93. The minimum absolute atomic E-state index is 0. The number of carbonyl (C=O) groups excluding carboxylic acids is 1. The van der Waals surface area contributed by atoms with Gasteiger partial charge in [0, 0.05) is 38.8 Å². The average molecular weight is 515 g/mol. The third kappa shape index (κ3) is 7.77. The molecule has 0 aliphatic carbocycles. The zero-order valence-corrected chi connectivity index (χ0v) is 20.8. The van der Waals surface area contributed by atoms with Gasteiger partial charge in [-0.15, -0.1) is 24.0 Å². The SMILES string of the molecule is CCNC(=NCC(C)(C)C(=O)NC)NC1CCN(C(C)c2ccccc2)CC1.I. The summed E-state index contributed by atoms with van der Waals surface area (Å²) in [6.07, 6.45) is 2.17. The highest BCUT2D eigenvalue weighted by atomic mass is 127. The first-order valence-electron chi connectivity index (χ1n) is 10.4. The lowest BCUT2D eigenvalue weighted by Crippen LogP contribution is -2.49. The first-order chi connectivity index (χ1) is 13.4. The Morgan fingerprint density at radius 2 is 1.86 bits per heavy atom. The second kappa shape index (κ2) is 12.4. The molecule has 1 unspecified atom stereocenters. The van der Waals surface area contributed by atoms with Crippen LogP contribution in [0.4, 0.5) is 0 Å². The Morgan fingerprint density at radius 3 is 2.41 bits per heavy atom. The van der Waals surface area contributed by atoms with Crippen molar-refractivity contribution >= 4 is 35.8 Å². The van der Waals surface area contributed by atoms with E-state index in [-0.39, 0.29) is 29.9 Å². The van der Waals surface area contributed by atoms with Gasteiger partial charge in [-0.25, -0.2) is 0 Å². The quantitative estimate of drug-likeness (QED) is 0.297. The Balaban J connectivity index is 0.00000420. The van der Waals surface area contributed by atoms with Crippen molar-refractivity contribution < 1.29 is 4.79 Å². The number of benzene rings is 1. The van der Waals surface area contributed by atoms with E-state index in [4.69, 9.17) is 0 Å². The van der Waals surface area contributed by atoms with Crippen molar-refractivity contribution in [1.82, 2.24) is 20.9 Å². The second-order valence-electron chi connectivity index (χ2n) is 8.20. The van der Waals surface area contributed by atoms with Gasteiger partial charge in [-0.3, -0.25) is 14.7 Å². The normalized spacial score (nSPS) is 17.2. The van der Waals surface area contributed by atoms with Crippen LogP contribution in [-0.2, 0) is 4.79 Å². The molecular formula is C22H38IN5O. The topological polar surface area (TPSA) is 68.8 Å². The van der Waals surface area contributed by atoms with Gasteiger partial charge in [-0.1, -0.05) is 30.3 Å². The smallest absolute Gasteiger partial charge is 0.227 e. The summed E-state index contributed by atoms with van der Waals surface area (Å²) in [5.41, 5.74) is 0.853. The first-order valence-corrected chi connectivity index (χ1v) is 10.4. The molecule has 1 aromatic rings. The molecule has 0 radical (unpaired) electrons. The van der Waals surface area contributed by atoms with Crippen LogP contribution >= 0.6 is 24.0 Å². The number of aliphatic imine (C=N–C) groups is 1. The van der Waals surface area contributed by atoms with Gasteiger partial charge in [0.15, 0.2) is 5.96 Å². The zero-order chi connectivity index (χ0) is 20.6. The van der Waals surface area contributed by atoms with E-state index in [1.807, 2.05) is 13.8 Å². The molecule has 29 heavy (non-hydrogen) atoms. The highest BCUT2D eigenvalue weighted by Crippen LogP contribution is 2.24. The molecule has 2 rings (SSSR count). The molecule has 1 saturated heterocycles. The van der Waals surface area contributed by atoms with E-state index >= 15 is 0 Å². The first kappa shape index (κ1) is 25.7. The number of nitrogens with one attached hydrogen (secondary N) is 3. The predicted octanol–water partition coefficient (Wildman–Crippen LogP) is 3.16. The molecule has 0 spiro atoms. The van der Waals surface area contributed by atoms with Gasteiger partial charge in [0.2, 0.25) is 5.91 Å². The van der Waals surface area contributed by atoms with Gasteiger partial charge in [-0.05, 0) is 46.1 Å². The largest absolute Gasteiger partial charge is 0.359 e. The maximum Gasteiger partial charge on any atom is 0.227 e. The van der Waals surface area contributed by atoms with Gasteiger partial charge in [0.05, 0.1) is 12.0 Å². The van der Waals surface area contributed by atoms with Crippen LogP contribution in [0.1, 0.15) is 52.1 Å². The summed E-state index contributed by atoms with van der Waals surface area (Å²) in [5, 5.41) is 9.60.